The predicted molar refractivity (Wildman–Crippen MR) is 112 cm³/mol. The zero-order chi connectivity index (χ0) is 19.5. The molecule has 4 rings (SSSR count). The lowest BCUT2D eigenvalue weighted by molar-refractivity contribution is 0.727. The van der Waals surface area contributed by atoms with E-state index >= 15 is 0 Å². The number of aromatic amines is 1. The number of allylic oxidation sites excluding steroid dienone is 1. The van der Waals surface area contributed by atoms with E-state index in [2.05, 4.69) is 26.7 Å². The molecular weight excluding hydrogens is 370 g/mol. The van der Waals surface area contributed by atoms with Gasteiger partial charge in [-0.25, -0.2) is 4.98 Å². The van der Waals surface area contributed by atoms with E-state index in [-0.39, 0.29) is 10.8 Å². The molecular formula is C21H19N5OS. The first-order valence-corrected chi connectivity index (χ1v) is 9.80. The molecule has 2 heterocycles. The average molecular weight is 389 g/mol. The Bertz CT molecular complexity index is 1180. The summed E-state index contributed by atoms with van der Waals surface area (Å²) in [6.07, 6.45) is 1.82. The summed E-state index contributed by atoms with van der Waals surface area (Å²) in [4.78, 5) is 19.9. The van der Waals surface area contributed by atoms with E-state index in [0.717, 1.165) is 16.5 Å². The van der Waals surface area contributed by atoms with Gasteiger partial charge in [-0.3, -0.25) is 9.36 Å². The summed E-state index contributed by atoms with van der Waals surface area (Å²) in [6, 6.07) is 17.3. The van der Waals surface area contributed by atoms with Crippen LogP contribution in [0.3, 0.4) is 0 Å². The van der Waals surface area contributed by atoms with Crippen molar-refractivity contribution in [1.29, 1.82) is 0 Å². The van der Waals surface area contributed by atoms with E-state index in [4.69, 9.17) is 0 Å². The number of hydrogen-bond donors (Lipinski definition) is 1. The molecule has 0 aliphatic carbocycles. The van der Waals surface area contributed by atoms with E-state index in [1.807, 2.05) is 66.1 Å². The van der Waals surface area contributed by atoms with Crippen molar-refractivity contribution in [2.45, 2.75) is 23.9 Å². The van der Waals surface area contributed by atoms with E-state index in [9.17, 15) is 4.79 Å². The molecule has 0 aliphatic heterocycles. The van der Waals surface area contributed by atoms with Gasteiger partial charge in [-0.1, -0.05) is 60.3 Å². The number of benzene rings is 2. The number of H-pyrrole nitrogens is 1. The third-order valence-corrected chi connectivity index (χ3v) is 5.45. The maximum Gasteiger partial charge on any atom is 0.258 e. The number of nitrogens with zero attached hydrogens (tertiary/aromatic N) is 4. The fourth-order valence-corrected chi connectivity index (χ4v) is 3.90. The quantitative estimate of drug-likeness (QED) is 0.395. The van der Waals surface area contributed by atoms with E-state index in [1.165, 1.54) is 11.8 Å². The van der Waals surface area contributed by atoms with Crippen molar-refractivity contribution in [3.05, 3.63) is 83.4 Å². The average Bonchev–Trinajstić information content (AvgIpc) is 3.11. The summed E-state index contributed by atoms with van der Waals surface area (Å²) in [7, 11) is 0. The minimum Gasteiger partial charge on any atom is -0.309 e. The van der Waals surface area contributed by atoms with Crippen LogP contribution in [0.4, 0.5) is 0 Å². The molecule has 4 aromatic rings. The molecule has 0 fully saturated rings. The second-order valence-electron chi connectivity index (χ2n) is 6.30. The molecule has 1 N–H and O–H groups in total. The van der Waals surface area contributed by atoms with E-state index in [0.29, 0.717) is 23.3 Å². The van der Waals surface area contributed by atoms with Crippen molar-refractivity contribution in [2.75, 3.05) is 0 Å². The molecule has 140 valence electrons. The Labute approximate surface area is 166 Å². The highest BCUT2D eigenvalue weighted by Crippen LogP contribution is 2.34. The van der Waals surface area contributed by atoms with Gasteiger partial charge in [-0.2, -0.15) is 0 Å². The number of fused-ring (bicyclic) bond motifs is 1. The van der Waals surface area contributed by atoms with Crippen LogP contribution in [0.15, 0.2) is 77.2 Å². The number of aromatic nitrogens is 5. The molecule has 0 unspecified atom stereocenters. The Morgan fingerprint density at radius 3 is 2.68 bits per heavy atom. The van der Waals surface area contributed by atoms with Crippen LogP contribution < -0.4 is 5.56 Å². The van der Waals surface area contributed by atoms with E-state index < -0.39 is 0 Å². The third-order valence-electron chi connectivity index (χ3n) is 4.36. The predicted octanol–water partition coefficient (Wildman–Crippen LogP) is 4.22. The maximum absolute atomic E-state index is 12.4. The van der Waals surface area contributed by atoms with Crippen molar-refractivity contribution in [3.8, 4) is 11.4 Å². The summed E-state index contributed by atoms with van der Waals surface area (Å²) in [5, 5.41) is 9.98. The van der Waals surface area contributed by atoms with Crippen LogP contribution in [-0.4, -0.2) is 24.7 Å². The van der Waals surface area contributed by atoms with Crippen LogP contribution >= 0.6 is 11.8 Å². The lowest BCUT2D eigenvalue weighted by atomic mass is 10.2. The van der Waals surface area contributed by atoms with Gasteiger partial charge in [0.2, 0.25) is 0 Å². The fraction of sp³-hybridized carbons (Fsp3) is 0.143. The largest absolute Gasteiger partial charge is 0.309 e. The number of hydrogen-bond acceptors (Lipinski definition) is 5. The van der Waals surface area contributed by atoms with Gasteiger partial charge >= 0.3 is 0 Å². The molecule has 0 bridgehead atoms. The lowest BCUT2D eigenvalue weighted by Crippen LogP contribution is -2.13. The van der Waals surface area contributed by atoms with Gasteiger partial charge in [-0.05, 0) is 19.1 Å². The number of para-hydroxylation sites is 1. The summed E-state index contributed by atoms with van der Waals surface area (Å²) in [5.41, 5.74) is 1.55. The van der Waals surface area contributed by atoms with Crippen LogP contribution in [-0.2, 0) is 6.54 Å². The molecule has 0 aliphatic rings. The Kier molecular flexibility index (Phi) is 5.08. The molecule has 1 atom stereocenters. The first-order chi connectivity index (χ1) is 13.7. The smallest absolute Gasteiger partial charge is 0.258 e. The highest BCUT2D eigenvalue weighted by molar-refractivity contribution is 7.99. The summed E-state index contributed by atoms with van der Waals surface area (Å²) in [6.45, 7) is 6.43. The van der Waals surface area contributed by atoms with Gasteiger partial charge in [0.25, 0.3) is 5.56 Å². The van der Waals surface area contributed by atoms with Crippen molar-refractivity contribution in [2.24, 2.45) is 0 Å². The first-order valence-electron chi connectivity index (χ1n) is 8.92. The summed E-state index contributed by atoms with van der Waals surface area (Å²) >= 11 is 1.50. The van der Waals surface area contributed by atoms with E-state index in [1.54, 1.807) is 6.07 Å². The zero-order valence-corrected chi connectivity index (χ0v) is 16.2. The fourth-order valence-electron chi connectivity index (χ4n) is 2.98. The van der Waals surface area contributed by atoms with Gasteiger partial charge in [0.05, 0.1) is 16.2 Å². The second kappa shape index (κ2) is 7.82. The van der Waals surface area contributed by atoms with Crippen LogP contribution in [0, 0.1) is 0 Å². The molecule has 2 aromatic carbocycles. The van der Waals surface area contributed by atoms with Crippen LogP contribution in [0.5, 0.6) is 0 Å². The Morgan fingerprint density at radius 1 is 1.14 bits per heavy atom. The Balaban J connectivity index is 1.68. The monoisotopic (exact) mass is 389 g/mol. The normalized spacial score (nSPS) is 12.2. The molecule has 0 spiro atoms. The third kappa shape index (κ3) is 3.48. The molecule has 6 nitrogen and oxygen atoms in total. The topological polar surface area (TPSA) is 76.5 Å². The lowest BCUT2D eigenvalue weighted by Gasteiger charge is -2.12. The number of nitrogens with one attached hydrogen (secondary N) is 1. The molecule has 0 saturated heterocycles. The van der Waals surface area contributed by atoms with Gasteiger partial charge < -0.3 is 4.98 Å². The highest BCUT2D eigenvalue weighted by atomic mass is 32.2. The van der Waals surface area contributed by atoms with Gasteiger partial charge in [-0.15, -0.1) is 16.8 Å². The molecule has 7 heteroatoms. The molecule has 0 amide bonds. The van der Waals surface area contributed by atoms with Crippen LogP contribution in [0.2, 0.25) is 0 Å². The number of thioether (sulfide) groups is 1. The SMILES string of the molecule is C=CCn1c(S[C@H](C)c2nc3ccccc3c(=O)[nH]2)nnc1-c1ccccc1. The standard InChI is InChI=1S/C21H19N5OS/c1-3-13-26-19(15-9-5-4-6-10-15)24-25-21(26)28-14(2)18-22-17-12-8-7-11-16(17)20(27)23-18/h3-12,14H,1,13H2,2H3,(H,22,23,27)/t14-/m1/s1. The summed E-state index contributed by atoms with van der Waals surface area (Å²) < 4.78 is 2.02. The zero-order valence-electron chi connectivity index (χ0n) is 15.4. The van der Waals surface area contributed by atoms with Crippen molar-refractivity contribution < 1.29 is 0 Å². The van der Waals surface area contributed by atoms with Gasteiger partial charge in [0.15, 0.2) is 11.0 Å². The Hall–Kier alpha value is -3.19. The summed E-state index contributed by atoms with van der Waals surface area (Å²) in [5.74, 6) is 1.40. The highest BCUT2D eigenvalue weighted by Gasteiger charge is 2.19. The minimum absolute atomic E-state index is 0.103. The molecule has 2 aromatic heterocycles. The first kappa shape index (κ1) is 18.2. The van der Waals surface area contributed by atoms with Crippen molar-refractivity contribution >= 4 is 22.7 Å². The maximum atomic E-state index is 12.4. The molecule has 0 saturated carbocycles. The minimum atomic E-state index is -0.134. The van der Waals surface area contributed by atoms with Crippen LogP contribution in [0.25, 0.3) is 22.3 Å². The van der Waals surface area contributed by atoms with Crippen LogP contribution in [0.1, 0.15) is 18.0 Å². The number of rotatable bonds is 6. The molecule has 28 heavy (non-hydrogen) atoms. The van der Waals surface area contributed by atoms with Crippen molar-refractivity contribution in [1.82, 2.24) is 24.7 Å². The Morgan fingerprint density at radius 2 is 1.89 bits per heavy atom. The second-order valence-corrected chi connectivity index (χ2v) is 7.61. The van der Waals surface area contributed by atoms with Gasteiger partial charge in [0.1, 0.15) is 5.82 Å². The van der Waals surface area contributed by atoms with Crippen molar-refractivity contribution in [3.63, 3.8) is 0 Å². The molecule has 0 radical (unpaired) electrons. The van der Waals surface area contributed by atoms with Gasteiger partial charge in [0, 0.05) is 12.1 Å².